The first-order valence-corrected chi connectivity index (χ1v) is 7.81. The standard InChI is InChI=1S/C11H21NO4S/c1-8(2)7-10(11(13)14)12-9-3-5-17(15,16)6-4-9/h8-10,12H,3-7H2,1-2H3,(H,13,14). The molecular weight excluding hydrogens is 242 g/mol. The first kappa shape index (κ1) is 14.4. The number of sulfone groups is 1. The second-order valence-electron chi connectivity index (χ2n) is 5.11. The third-order valence-electron chi connectivity index (χ3n) is 3.00. The molecule has 1 saturated heterocycles. The summed E-state index contributed by atoms with van der Waals surface area (Å²) < 4.78 is 22.5. The molecule has 1 rings (SSSR count). The summed E-state index contributed by atoms with van der Waals surface area (Å²) in [5.74, 6) is -0.222. The second-order valence-corrected chi connectivity index (χ2v) is 7.42. The van der Waals surface area contributed by atoms with Gasteiger partial charge in [0.2, 0.25) is 0 Å². The van der Waals surface area contributed by atoms with Crippen LogP contribution in [0.1, 0.15) is 33.1 Å². The van der Waals surface area contributed by atoms with Gasteiger partial charge in [0.15, 0.2) is 0 Å². The third-order valence-corrected chi connectivity index (χ3v) is 4.71. The molecule has 0 bridgehead atoms. The molecule has 0 spiro atoms. The summed E-state index contributed by atoms with van der Waals surface area (Å²) in [6.07, 6.45) is 1.60. The normalized spacial score (nSPS) is 22.5. The van der Waals surface area contributed by atoms with Crippen molar-refractivity contribution >= 4 is 15.8 Å². The van der Waals surface area contributed by atoms with E-state index in [-0.39, 0.29) is 17.5 Å². The minimum absolute atomic E-state index is 0.0124. The van der Waals surface area contributed by atoms with E-state index in [0.717, 1.165) is 0 Å². The highest BCUT2D eigenvalue weighted by atomic mass is 32.2. The van der Waals surface area contributed by atoms with Gasteiger partial charge in [-0.15, -0.1) is 0 Å². The SMILES string of the molecule is CC(C)CC(NC1CCS(=O)(=O)CC1)C(=O)O. The lowest BCUT2D eigenvalue weighted by atomic mass is 10.0. The molecule has 0 saturated carbocycles. The number of nitrogens with one attached hydrogen (secondary N) is 1. The van der Waals surface area contributed by atoms with Crippen LogP contribution in [0.5, 0.6) is 0 Å². The van der Waals surface area contributed by atoms with Crippen LogP contribution >= 0.6 is 0 Å². The number of carboxylic acids is 1. The zero-order chi connectivity index (χ0) is 13.1. The van der Waals surface area contributed by atoms with Crippen molar-refractivity contribution in [3.05, 3.63) is 0 Å². The van der Waals surface area contributed by atoms with E-state index >= 15 is 0 Å². The van der Waals surface area contributed by atoms with E-state index in [4.69, 9.17) is 5.11 Å². The topological polar surface area (TPSA) is 83.5 Å². The summed E-state index contributed by atoms with van der Waals surface area (Å²) in [6, 6.07) is -0.556. The van der Waals surface area contributed by atoms with Crippen LogP contribution in [0, 0.1) is 5.92 Å². The van der Waals surface area contributed by atoms with E-state index in [2.05, 4.69) is 5.32 Å². The molecule has 1 unspecified atom stereocenters. The number of carbonyl (C=O) groups is 1. The molecule has 2 N–H and O–H groups in total. The van der Waals surface area contributed by atoms with Crippen molar-refractivity contribution in [2.24, 2.45) is 5.92 Å². The Hall–Kier alpha value is -0.620. The molecule has 1 atom stereocenters. The quantitative estimate of drug-likeness (QED) is 0.761. The molecule has 5 nitrogen and oxygen atoms in total. The molecule has 0 radical (unpaired) electrons. The van der Waals surface area contributed by atoms with Crippen LogP contribution < -0.4 is 5.32 Å². The van der Waals surface area contributed by atoms with Crippen LogP contribution in [0.4, 0.5) is 0 Å². The predicted octanol–water partition coefficient (Wildman–Crippen LogP) is 0.652. The lowest BCUT2D eigenvalue weighted by Crippen LogP contribution is -2.47. The van der Waals surface area contributed by atoms with Gasteiger partial charge in [0, 0.05) is 6.04 Å². The Labute approximate surface area is 103 Å². The average molecular weight is 263 g/mol. The van der Waals surface area contributed by atoms with Crippen LogP contribution in [0.15, 0.2) is 0 Å². The summed E-state index contributed by atoms with van der Waals surface area (Å²) in [7, 11) is -2.88. The van der Waals surface area contributed by atoms with Crippen molar-refractivity contribution in [1.29, 1.82) is 0 Å². The second kappa shape index (κ2) is 5.82. The molecule has 1 aliphatic rings. The maximum atomic E-state index is 11.2. The van der Waals surface area contributed by atoms with Gasteiger partial charge in [0.1, 0.15) is 15.9 Å². The fourth-order valence-electron chi connectivity index (χ4n) is 2.05. The number of hydrogen-bond donors (Lipinski definition) is 2. The number of hydrogen-bond acceptors (Lipinski definition) is 4. The average Bonchev–Trinajstić information content (AvgIpc) is 2.19. The van der Waals surface area contributed by atoms with Crippen molar-refractivity contribution in [2.75, 3.05) is 11.5 Å². The molecule has 0 aromatic heterocycles. The molecule has 0 amide bonds. The van der Waals surface area contributed by atoms with Crippen LogP contribution in [0.3, 0.4) is 0 Å². The Morgan fingerprint density at radius 3 is 2.29 bits per heavy atom. The van der Waals surface area contributed by atoms with Gasteiger partial charge in [0.25, 0.3) is 0 Å². The summed E-state index contributed by atoms with van der Waals surface area (Å²) in [5, 5.41) is 12.1. The largest absolute Gasteiger partial charge is 0.480 e. The molecule has 0 aliphatic carbocycles. The Morgan fingerprint density at radius 2 is 1.88 bits per heavy atom. The molecule has 1 aliphatic heterocycles. The first-order valence-electron chi connectivity index (χ1n) is 5.99. The van der Waals surface area contributed by atoms with E-state index < -0.39 is 21.8 Å². The predicted molar refractivity (Wildman–Crippen MR) is 65.7 cm³/mol. The molecular formula is C11H21NO4S. The minimum Gasteiger partial charge on any atom is -0.480 e. The van der Waals surface area contributed by atoms with Crippen molar-refractivity contribution in [3.63, 3.8) is 0 Å². The van der Waals surface area contributed by atoms with Crippen molar-refractivity contribution in [3.8, 4) is 0 Å². The summed E-state index contributed by atoms with van der Waals surface area (Å²) >= 11 is 0. The Kier molecular flexibility index (Phi) is 4.94. The Morgan fingerprint density at radius 1 is 1.35 bits per heavy atom. The molecule has 17 heavy (non-hydrogen) atoms. The van der Waals surface area contributed by atoms with Crippen molar-refractivity contribution < 1.29 is 18.3 Å². The van der Waals surface area contributed by atoms with Crippen LogP contribution in [-0.2, 0) is 14.6 Å². The van der Waals surface area contributed by atoms with Crippen LogP contribution in [0.25, 0.3) is 0 Å². The zero-order valence-corrected chi connectivity index (χ0v) is 11.2. The van der Waals surface area contributed by atoms with Crippen LogP contribution in [-0.4, -0.2) is 43.1 Å². The monoisotopic (exact) mass is 263 g/mol. The van der Waals surface area contributed by atoms with Gasteiger partial charge in [-0.1, -0.05) is 13.8 Å². The van der Waals surface area contributed by atoms with Gasteiger partial charge in [0.05, 0.1) is 11.5 Å². The van der Waals surface area contributed by atoms with E-state index in [9.17, 15) is 13.2 Å². The zero-order valence-electron chi connectivity index (χ0n) is 10.3. The molecule has 6 heteroatoms. The summed E-state index contributed by atoms with van der Waals surface area (Å²) in [4.78, 5) is 11.1. The van der Waals surface area contributed by atoms with Gasteiger partial charge in [-0.3, -0.25) is 4.79 Å². The molecule has 0 aromatic rings. The highest BCUT2D eigenvalue weighted by molar-refractivity contribution is 7.91. The van der Waals surface area contributed by atoms with Gasteiger partial charge in [-0.2, -0.15) is 0 Å². The van der Waals surface area contributed by atoms with Crippen molar-refractivity contribution in [1.82, 2.24) is 5.32 Å². The Bertz CT molecular complexity index is 350. The maximum absolute atomic E-state index is 11.2. The van der Waals surface area contributed by atoms with Gasteiger partial charge < -0.3 is 10.4 Å². The fourth-order valence-corrected chi connectivity index (χ4v) is 3.54. The van der Waals surface area contributed by atoms with E-state index in [1.54, 1.807) is 0 Å². The molecule has 0 aromatic carbocycles. The fraction of sp³-hybridized carbons (Fsp3) is 0.909. The highest BCUT2D eigenvalue weighted by Gasteiger charge is 2.27. The molecule has 100 valence electrons. The van der Waals surface area contributed by atoms with Gasteiger partial charge in [-0.05, 0) is 25.2 Å². The molecule has 1 heterocycles. The van der Waals surface area contributed by atoms with E-state index in [0.29, 0.717) is 25.2 Å². The lowest BCUT2D eigenvalue weighted by molar-refractivity contribution is -0.140. The summed E-state index contributed by atoms with van der Waals surface area (Å²) in [6.45, 7) is 3.95. The highest BCUT2D eigenvalue weighted by Crippen LogP contribution is 2.14. The minimum atomic E-state index is -2.88. The lowest BCUT2D eigenvalue weighted by Gasteiger charge is -2.27. The van der Waals surface area contributed by atoms with Crippen molar-refractivity contribution in [2.45, 2.75) is 45.2 Å². The number of carboxylic acid groups (broad SMARTS) is 1. The van der Waals surface area contributed by atoms with Crippen LogP contribution in [0.2, 0.25) is 0 Å². The van der Waals surface area contributed by atoms with Gasteiger partial charge in [-0.25, -0.2) is 8.42 Å². The first-order chi connectivity index (χ1) is 7.80. The van der Waals surface area contributed by atoms with E-state index in [1.807, 2.05) is 13.8 Å². The number of rotatable bonds is 5. The third kappa shape index (κ3) is 5.04. The Balaban J connectivity index is 2.49. The van der Waals surface area contributed by atoms with Gasteiger partial charge >= 0.3 is 5.97 Å². The maximum Gasteiger partial charge on any atom is 0.320 e. The van der Waals surface area contributed by atoms with E-state index in [1.165, 1.54) is 0 Å². The molecule has 1 fully saturated rings. The smallest absolute Gasteiger partial charge is 0.320 e. The number of aliphatic carboxylic acids is 1. The summed E-state index contributed by atoms with van der Waals surface area (Å²) in [5.41, 5.74) is 0.